The molecule has 0 saturated carbocycles. The monoisotopic (exact) mass is 472 g/mol. The Balaban J connectivity index is 3.46. The quantitative estimate of drug-likeness (QED) is 0.0915. The van der Waals surface area contributed by atoms with Crippen LogP contribution in [0.5, 0.6) is 0 Å². The molecule has 0 aromatic carbocycles. The van der Waals surface area contributed by atoms with Crippen LogP contribution in [0.4, 0.5) is 0 Å². The van der Waals surface area contributed by atoms with Gasteiger partial charge in [-0.25, -0.2) is 0 Å². The van der Waals surface area contributed by atoms with Crippen LogP contribution < -0.4 is 0 Å². The first kappa shape index (κ1) is 32.4. The van der Waals surface area contributed by atoms with Crippen molar-refractivity contribution in [2.75, 3.05) is 46.2 Å². The zero-order valence-corrected chi connectivity index (χ0v) is 22.4. The second-order valence-corrected chi connectivity index (χ2v) is 9.25. The van der Waals surface area contributed by atoms with E-state index in [1.165, 1.54) is 83.5 Å². The molecule has 0 N–H and O–H groups in total. The number of carbonyl (C=O) groups is 1. The summed E-state index contributed by atoms with van der Waals surface area (Å²) < 4.78 is 22.2. The van der Waals surface area contributed by atoms with Gasteiger partial charge in [0.25, 0.3) is 0 Å². The summed E-state index contributed by atoms with van der Waals surface area (Å²) in [5, 5.41) is 0. The van der Waals surface area contributed by atoms with Crippen molar-refractivity contribution < 1.29 is 23.7 Å². The molecule has 1 atom stereocenters. The van der Waals surface area contributed by atoms with Crippen molar-refractivity contribution in [1.29, 1.82) is 0 Å². The topological polar surface area (TPSA) is 54.0 Å². The minimum absolute atomic E-state index is 0.0904. The molecular formula is C28H56O5. The SMILES string of the molecule is CCCCCCCCOCCOCCOCCCC(=O)OCC(CCCC)CCCCCC. The van der Waals surface area contributed by atoms with Crippen LogP contribution in [0.2, 0.25) is 0 Å². The van der Waals surface area contributed by atoms with Crippen molar-refractivity contribution in [3.05, 3.63) is 0 Å². The Bertz CT molecular complexity index is 388. The van der Waals surface area contributed by atoms with E-state index < -0.39 is 0 Å². The van der Waals surface area contributed by atoms with Gasteiger partial charge >= 0.3 is 5.97 Å². The maximum atomic E-state index is 12.0. The van der Waals surface area contributed by atoms with Gasteiger partial charge in [0.2, 0.25) is 0 Å². The Morgan fingerprint density at radius 3 is 1.67 bits per heavy atom. The van der Waals surface area contributed by atoms with E-state index in [9.17, 15) is 4.79 Å². The lowest BCUT2D eigenvalue weighted by atomic mass is 9.96. The number of esters is 1. The molecule has 0 spiro atoms. The molecule has 33 heavy (non-hydrogen) atoms. The molecule has 0 rings (SSSR count). The smallest absolute Gasteiger partial charge is 0.305 e. The van der Waals surface area contributed by atoms with Crippen molar-refractivity contribution in [2.45, 2.75) is 124 Å². The van der Waals surface area contributed by atoms with Crippen molar-refractivity contribution in [3.8, 4) is 0 Å². The second kappa shape index (κ2) is 27.6. The van der Waals surface area contributed by atoms with Gasteiger partial charge in [0.15, 0.2) is 0 Å². The summed E-state index contributed by atoms with van der Waals surface area (Å²) in [6, 6.07) is 0. The van der Waals surface area contributed by atoms with Crippen LogP contribution in [-0.4, -0.2) is 52.2 Å². The lowest BCUT2D eigenvalue weighted by Crippen LogP contribution is -2.15. The highest BCUT2D eigenvalue weighted by Gasteiger charge is 2.12. The van der Waals surface area contributed by atoms with Crippen LogP contribution >= 0.6 is 0 Å². The molecule has 5 nitrogen and oxygen atoms in total. The van der Waals surface area contributed by atoms with Gasteiger partial charge in [0.1, 0.15) is 0 Å². The van der Waals surface area contributed by atoms with Crippen molar-refractivity contribution in [3.63, 3.8) is 0 Å². The average Bonchev–Trinajstić information content (AvgIpc) is 2.82. The highest BCUT2D eigenvalue weighted by molar-refractivity contribution is 5.69. The molecule has 5 heteroatoms. The normalized spacial score (nSPS) is 12.2. The zero-order chi connectivity index (χ0) is 24.2. The minimum atomic E-state index is -0.0904. The number of hydrogen-bond donors (Lipinski definition) is 0. The standard InChI is InChI=1S/C28H56O5/c1-4-7-10-12-13-15-20-30-22-24-32-25-23-31-21-16-19-28(29)33-26-27(17-9-6-3)18-14-11-8-5-2/h27H,4-26H2,1-3H3. The van der Waals surface area contributed by atoms with Crippen molar-refractivity contribution in [2.24, 2.45) is 5.92 Å². The molecule has 1 unspecified atom stereocenters. The van der Waals surface area contributed by atoms with Crippen LogP contribution in [0.25, 0.3) is 0 Å². The van der Waals surface area contributed by atoms with Crippen LogP contribution in [0.3, 0.4) is 0 Å². The van der Waals surface area contributed by atoms with Gasteiger partial charge in [-0.15, -0.1) is 0 Å². The minimum Gasteiger partial charge on any atom is -0.465 e. The first-order valence-electron chi connectivity index (χ1n) is 14.1. The zero-order valence-electron chi connectivity index (χ0n) is 22.4. The van der Waals surface area contributed by atoms with Gasteiger partial charge in [-0.1, -0.05) is 91.4 Å². The number of unbranched alkanes of at least 4 members (excludes halogenated alkanes) is 9. The molecule has 198 valence electrons. The third-order valence-electron chi connectivity index (χ3n) is 5.97. The Morgan fingerprint density at radius 1 is 0.545 bits per heavy atom. The largest absolute Gasteiger partial charge is 0.465 e. The summed E-state index contributed by atoms with van der Waals surface area (Å²) in [6.45, 7) is 11.1. The molecule has 0 aliphatic rings. The Morgan fingerprint density at radius 2 is 1.03 bits per heavy atom. The first-order valence-corrected chi connectivity index (χ1v) is 14.1. The maximum absolute atomic E-state index is 12.0. The van der Waals surface area contributed by atoms with Gasteiger partial charge < -0.3 is 18.9 Å². The highest BCUT2D eigenvalue weighted by Crippen LogP contribution is 2.18. The molecule has 0 aliphatic heterocycles. The number of carbonyl (C=O) groups excluding carboxylic acids is 1. The summed E-state index contributed by atoms with van der Waals surface area (Å²) in [5.41, 5.74) is 0. The van der Waals surface area contributed by atoms with Crippen LogP contribution in [-0.2, 0) is 23.7 Å². The molecule has 0 aliphatic carbocycles. The van der Waals surface area contributed by atoms with Crippen LogP contribution in [0, 0.1) is 5.92 Å². The van der Waals surface area contributed by atoms with Crippen LogP contribution in [0.15, 0.2) is 0 Å². The van der Waals surface area contributed by atoms with E-state index >= 15 is 0 Å². The van der Waals surface area contributed by atoms with Gasteiger partial charge in [-0.3, -0.25) is 4.79 Å². The molecule has 0 fully saturated rings. The van der Waals surface area contributed by atoms with E-state index in [0.717, 1.165) is 13.0 Å². The third-order valence-corrected chi connectivity index (χ3v) is 5.97. The summed E-state index contributed by atoms with van der Waals surface area (Å²) in [7, 11) is 0. The molecule has 0 heterocycles. The molecule has 0 aromatic rings. The van der Waals surface area contributed by atoms with E-state index in [4.69, 9.17) is 18.9 Å². The fourth-order valence-corrected chi connectivity index (χ4v) is 3.79. The number of ether oxygens (including phenoxy) is 4. The summed E-state index contributed by atoms with van der Waals surface area (Å²) >= 11 is 0. The van der Waals surface area contributed by atoms with Gasteiger partial charge in [-0.05, 0) is 31.6 Å². The predicted molar refractivity (Wildman–Crippen MR) is 138 cm³/mol. The molecule has 0 aromatic heterocycles. The van der Waals surface area contributed by atoms with E-state index in [1.807, 2.05) is 0 Å². The number of rotatable bonds is 27. The van der Waals surface area contributed by atoms with E-state index in [0.29, 0.717) is 58.4 Å². The van der Waals surface area contributed by atoms with E-state index in [1.54, 1.807) is 0 Å². The van der Waals surface area contributed by atoms with Gasteiger partial charge in [-0.2, -0.15) is 0 Å². The Labute approximate surface area is 205 Å². The molecule has 0 saturated heterocycles. The lowest BCUT2D eigenvalue weighted by molar-refractivity contribution is -0.145. The Kier molecular flexibility index (Phi) is 27.0. The van der Waals surface area contributed by atoms with Crippen molar-refractivity contribution >= 4 is 5.97 Å². The molecule has 0 bridgehead atoms. The molecular weight excluding hydrogens is 416 g/mol. The fraction of sp³-hybridized carbons (Fsp3) is 0.964. The third kappa shape index (κ3) is 25.8. The lowest BCUT2D eigenvalue weighted by Gasteiger charge is -2.16. The van der Waals surface area contributed by atoms with Gasteiger partial charge in [0.05, 0.1) is 33.0 Å². The highest BCUT2D eigenvalue weighted by atomic mass is 16.5. The summed E-state index contributed by atoms with van der Waals surface area (Å²) in [6.07, 6.45) is 18.7. The molecule has 0 amide bonds. The fourth-order valence-electron chi connectivity index (χ4n) is 3.79. The second-order valence-electron chi connectivity index (χ2n) is 9.25. The number of hydrogen-bond acceptors (Lipinski definition) is 5. The predicted octanol–water partition coefficient (Wildman–Crippen LogP) is 7.50. The van der Waals surface area contributed by atoms with E-state index in [2.05, 4.69) is 20.8 Å². The molecule has 0 radical (unpaired) electrons. The maximum Gasteiger partial charge on any atom is 0.305 e. The summed E-state index contributed by atoms with van der Waals surface area (Å²) in [5.74, 6) is 0.432. The Hall–Kier alpha value is -0.650. The van der Waals surface area contributed by atoms with E-state index in [-0.39, 0.29) is 5.97 Å². The average molecular weight is 473 g/mol. The summed E-state index contributed by atoms with van der Waals surface area (Å²) in [4.78, 5) is 12.0. The van der Waals surface area contributed by atoms with Crippen molar-refractivity contribution in [1.82, 2.24) is 0 Å². The first-order chi connectivity index (χ1) is 16.2. The van der Waals surface area contributed by atoms with Crippen LogP contribution in [0.1, 0.15) is 124 Å². The van der Waals surface area contributed by atoms with Gasteiger partial charge in [0, 0.05) is 19.6 Å².